The summed E-state index contributed by atoms with van der Waals surface area (Å²) in [7, 11) is 0. The molecule has 0 aliphatic carbocycles. The summed E-state index contributed by atoms with van der Waals surface area (Å²) in [5.74, 6) is -0.0506. The molecule has 1 atom stereocenters. The van der Waals surface area contributed by atoms with Crippen LogP contribution in [0.25, 0.3) is 0 Å². The highest BCUT2D eigenvalue weighted by Crippen LogP contribution is 2.12. The van der Waals surface area contributed by atoms with Gasteiger partial charge < -0.3 is 16.2 Å². The number of nitrogens with one attached hydrogen (secondary N) is 1. The van der Waals surface area contributed by atoms with Crippen molar-refractivity contribution < 1.29 is 9.90 Å². The molecule has 4 nitrogen and oxygen atoms in total. The molecule has 1 amide bonds. The van der Waals surface area contributed by atoms with E-state index in [0.29, 0.717) is 5.56 Å². The molecule has 1 rings (SSSR count). The summed E-state index contributed by atoms with van der Waals surface area (Å²) in [5, 5.41) is 12.0. The quantitative estimate of drug-likeness (QED) is 0.720. The van der Waals surface area contributed by atoms with E-state index in [-0.39, 0.29) is 17.7 Å². The Morgan fingerprint density at radius 2 is 1.88 bits per heavy atom. The summed E-state index contributed by atoms with van der Waals surface area (Å²) >= 11 is 0. The first kappa shape index (κ1) is 12.5. The van der Waals surface area contributed by atoms with Crippen molar-refractivity contribution in [3.63, 3.8) is 0 Å². The molecule has 0 aliphatic rings. The van der Waals surface area contributed by atoms with Gasteiger partial charge in [0.15, 0.2) is 0 Å². The molecular formula is C12H18N2O2. The molecule has 16 heavy (non-hydrogen) atoms. The zero-order chi connectivity index (χ0) is 12.3. The number of hydrogen-bond acceptors (Lipinski definition) is 3. The Morgan fingerprint density at radius 3 is 2.31 bits per heavy atom. The average Bonchev–Trinajstić information content (AvgIpc) is 2.17. The van der Waals surface area contributed by atoms with Crippen LogP contribution < -0.4 is 11.1 Å². The van der Waals surface area contributed by atoms with Crippen molar-refractivity contribution in [3.8, 4) is 5.75 Å². The minimum absolute atomic E-state index is 0.142. The third kappa shape index (κ3) is 2.97. The Labute approximate surface area is 95.5 Å². The number of aromatic hydroxyl groups is 1. The van der Waals surface area contributed by atoms with Gasteiger partial charge in [-0.05, 0) is 45.0 Å². The number of phenols is 1. The first-order chi connectivity index (χ1) is 7.33. The fraction of sp³-hybridized carbons (Fsp3) is 0.417. The molecule has 1 aromatic rings. The lowest BCUT2D eigenvalue weighted by Gasteiger charge is -2.30. The topological polar surface area (TPSA) is 75.3 Å². The molecule has 4 N–H and O–H groups in total. The Morgan fingerprint density at radius 1 is 1.38 bits per heavy atom. The number of phenolic OH excluding ortho intramolecular Hbond substituents is 1. The second-order valence-corrected chi connectivity index (χ2v) is 4.51. The molecule has 88 valence electrons. The third-order valence-corrected chi connectivity index (χ3v) is 2.70. The van der Waals surface area contributed by atoms with E-state index in [0.717, 1.165) is 0 Å². The molecule has 0 bridgehead atoms. The van der Waals surface area contributed by atoms with Crippen LogP contribution in [0.1, 0.15) is 31.1 Å². The Bertz CT molecular complexity index is 369. The van der Waals surface area contributed by atoms with Crippen LogP contribution in [0.3, 0.4) is 0 Å². The van der Waals surface area contributed by atoms with Gasteiger partial charge in [-0.2, -0.15) is 0 Å². The molecule has 0 spiro atoms. The lowest BCUT2D eigenvalue weighted by molar-refractivity contribution is 0.0903. The third-order valence-electron chi connectivity index (χ3n) is 2.70. The van der Waals surface area contributed by atoms with E-state index < -0.39 is 5.54 Å². The van der Waals surface area contributed by atoms with Gasteiger partial charge >= 0.3 is 0 Å². The summed E-state index contributed by atoms with van der Waals surface area (Å²) in [5.41, 5.74) is 5.81. The predicted molar refractivity (Wildman–Crippen MR) is 63.3 cm³/mol. The van der Waals surface area contributed by atoms with Gasteiger partial charge in [-0.15, -0.1) is 0 Å². The molecular weight excluding hydrogens is 204 g/mol. The minimum Gasteiger partial charge on any atom is -0.508 e. The van der Waals surface area contributed by atoms with Gasteiger partial charge in [-0.1, -0.05) is 0 Å². The Hall–Kier alpha value is -1.55. The van der Waals surface area contributed by atoms with Gasteiger partial charge in [0, 0.05) is 17.1 Å². The van der Waals surface area contributed by atoms with Crippen LogP contribution in [-0.2, 0) is 0 Å². The number of benzene rings is 1. The van der Waals surface area contributed by atoms with Gasteiger partial charge in [0.1, 0.15) is 5.75 Å². The highest BCUT2D eigenvalue weighted by molar-refractivity contribution is 5.94. The SMILES string of the molecule is CC(N)C(C)(C)NC(=O)c1ccc(O)cc1. The van der Waals surface area contributed by atoms with E-state index in [4.69, 9.17) is 10.8 Å². The van der Waals surface area contributed by atoms with Crippen molar-refractivity contribution in [2.75, 3.05) is 0 Å². The smallest absolute Gasteiger partial charge is 0.251 e. The Balaban J connectivity index is 2.77. The normalized spacial score (nSPS) is 13.2. The zero-order valence-corrected chi connectivity index (χ0v) is 9.82. The van der Waals surface area contributed by atoms with Crippen molar-refractivity contribution in [2.24, 2.45) is 5.73 Å². The van der Waals surface area contributed by atoms with Crippen LogP contribution in [0.15, 0.2) is 24.3 Å². The number of rotatable bonds is 3. The lowest BCUT2D eigenvalue weighted by atomic mass is 9.96. The lowest BCUT2D eigenvalue weighted by Crippen LogP contribution is -2.54. The maximum Gasteiger partial charge on any atom is 0.251 e. The molecule has 0 fully saturated rings. The van der Waals surface area contributed by atoms with Gasteiger partial charge in [-0.25, -0.2) is 0 Å². The van der Waals surface area contributed by atoms with Gasteiger partial charge in [0.25, 0.3) is 5.91 Å². The van der Waals surface area contributed by atoms with E-state index in [1.807, 2.05) is 20.8 Å². The first-order valence-corrected chi connectivity index (χ1v) is 5.20. The van der Waals surface area contributed by atoms with Crippen molar-refractivity contribution >= 4 is 5.91 Å². The molecule has 4 heteroatoms. The average molecular weight is 222 g/mol. The van der Waals surface area contributed by atoms with Gasteiger partial charge in [0.2, 0.25) is 0 Å². The standard InChI is InChI=1S/C12H18N2O2/c1-8(13)12(2,3)14-11(16)9-4-6-10(15)7-5-9/h4-8,15H,13H2,1-3H3,(H,14,16). The largest absolute Gasteiger partial charge is 0.508 e. The highest BCUT2D eigenvalue weighted by atomic mass is 16.3. The molecule has 0 heterocycles. The summed E-state index contributed by atoms with van der Waals surface area (Å²) < 4.78 is 0. The molecule has 1 aromatic carbocycles. The fourth-order valence-electron chi connectivity index (χ4n) is 1.09. The van der Waals surface area contributed by atoms with E-state index in [9.17, 15) is 4.79 Å². The second kappa shape index (κ2) is 4.53. The summed E-state index contributed by atoms with van der Waals surface area (Å²) in [6, 6.07) is 5.96. The maximum absolute atomic E-state index is 11.8. The Kier molecular flexibility index (Phi) is 3.55. The van der Waals surface area contributed by atoms with E-state index in [2.05, 4.69) is 5.32 Å². The van der Waals surface area contributed by atoms with E-state index in [1.165, 1.54) is 12.1 Å². The molecule has 1 unspecified atom stereocenters. The van der Waals surface area contributed by atoms with Crippen molar-refractivity contribution in [1.29, 1.82) is 0 Å². The molecule has 0 aromatic heterocycles. The maximum atomic E-state index is 11.8. The van der Waals surface area contributed by atoms with Crippen LogP contribution in [0.4, 0.5) is 0 Å². The fourth-order valence-corrected chi connectivity index (χ4v) is 1.09. The zero-order valence-electron chi connectivity index (χ0n) is 9.82. The van der Waals surface area contributed by atoms with Crippen molar-refractivity contribution in [3.05, 3.63) is 29.8 Å². The highest BCUT2D eigenvalue weighted by Gasteiger charge is 2.25. The van der Waals surface area contributed by atoms with Crippen molar-refractivity contribution in [1.82, 2.24) is 5.32 Å². The summed E-state index contributed by atoms with van der Waals surface area (Å²) in [4.78, 5) is 11.8. The van der Waals surface area contributed by atoms with Crippen LogP contribution in [0, 0.1) is 0 Å². The number of carbonyl (C=O) groups is 1. The first-order valence-electron chi connectivity index (χ1n) is 5.20. The molecule has 0 saturated carbocycles. The molecule has 0 aliphatic heterocycles. The number of nitrogens with two attached hydrogens (primary N) is 1. The van der Waals surface area contributed by atoms with Gasteiger partial charge in [-0.3, -0.25) is 4.79 Å². The second-order valence-electron chi connectivity index (χ2n) is 4.51. The number of hydrogen-bond donors (Lipinski definition) is 3. The van der Waals surface area contributed by atoms with Crippen LogP contribution >= 0.6 is 0 Å². The predicted octanol–water partition coefficient (Wildman–Crippen LogP) is 1.25. The molecule has 0 saturated heterocycles. The van der Waals surface area contributed by atoms with Crippen LogP contribution in [0.5, 0.6) is 5.75 Å². The summed E-state index contributed by atoms with van der Waals surface area (Å²) in [6.07, 6.45) is 0. The molecule has 0 radical (unpaired) electrons. The van der Waals surface area contributed by atoms with Gasteiger partial charge in [0.05, 0.1) is 0 Å². The van der Waals surface area contributed by atoms with Crippen molar-refractivity contribution in [2.45, 2.75) is 32.4 Å². The number of carbonyl (C=O) groups excluding carboxylic acids is 1. The van der Waals surface area contributed by atoms with Crippen LogP contribution in [-0.4, -0.2) is 22.6 Å². The number of amides is 1. The van der Waals surface area contributed by atoms with Crippen LogP contribution in [0.2, 0.25) is 0 Å². The van der Waals surface area contributed by atoms with E-state index >= 15 is 0 Å². The minimum atomic E-state index is -0.463. The van der Waals surface area contributed by atoms with E-state index in [1.54, 1.807) is 12.1 Å². The monoisotopic (exact) mass is 222 g/mol. The summed E-state index contributed by atoms with van der Waals surface area (Å²) in [6.45, 7) is 5.59.